The third-order valence-electron chi connectivity index (χ3n) is 6.43. The predicted molar refractivity (Wildman–Crippen MR) is 124 cm³/mol. The fourth-order valence-corrected chi connectivity index (χ4v) is 4.27. The lowest BCUT2D eigenvalue weighted by molar-refractivity contribution is -0.192. The van der Waals surface area contributed by atoms with Gasteiger partial charge in [0.2, 0.25) is 5.91 Å². The Kier molecular flexibility index (Phi) is 7.56. The van der Waals surface area contributed by atoms with Crippen LogP contribution in [0.4, 0.5) is 4.79 Å². The molecule has 2 aromatic rings. The van der Waals surface area contributed by atoms with E-state index in [0.29, 0.717) is 31.7 Å². The fourth-order valence-electron chi connectivity index (χ4n) is 4.27. The summed E-state index contributed by atoms with van der Waals surface area (Å²) in [6.07, 6.45) is 1.32. The molecule has 172 valence electrons. The van der Waals surface area contributed by atoms with Crippen LogP contribution in [0, 0.1) is 12.3 Å². The van der Waals surface area contributed by atoms with E-state index in [9.17, 15) is 14.7 Å². The van der Waals surface area contributed by atoms with E-state index in [4.69, 9.17) is 4.74 Å². The first-order valence-corrected chi connectivity index (χ1v) is 11.4. The fraction of sp³-hybridized carbons (Fsp3) is 0.462. The Morgan fingerprint density at radius 1 is 1.03 bits per heavy atom. The molecule has 0 bridgehead atoms. The highest BCUT2D eigenvalue weighted by molar-refractivity contribution is 6.03. The molecule has 0 aromatic heterocycles. The number of aliphatic hydroxyl groups excluding tert-OH is 1. The molecule has 1 atom stereocenters. The second kappa shape index (κ2) is 10.2. The number of carbonyl (C=O) groups excluding carboxylic acids is 2. The van der Waals surface area contributed by atoms with Gasteiger partial charge in [0.1, 0.15) is 11.2 Å². The molecule has 0 saturated carbocycles. The van der Waals surface area contributed by atoms with E-state index in [1.54, 1.807) is 29.2 Å². The summed E-state index contributed by atoms with van der Waals surface area (Å²) in [7, 11) is 0. The van der Waals surface area contributed by atoms with Gasteiger partial charge < -0.3 is 14.7 Å². The average Bonchev–Trinajstić information content (AvgIpc) is 2.81. The third kappa shape index (κ3) is 4.51. The molecule has 3 rings (SSSR count). The number of aryl methyl sites for hydroxylation is 1. The number of rotatable bonds is 9. The molecule has 0 spiro atoms. The number of urea groups is 1. The monoisotopic (exact) mass is 438 g/mol. The van der Waals surface area contributed by atoms with Gasteiger partial charge in [0.05, 0.1) is 6.61 Å². The number of benzene rings is 2. The number of hydrogen-bond acceptors (Lipinski definition) is 4. The van der Waals surface area contributed by atoms with Gasteiger partial charge in [-0.15, -0.1) is 0 Å². The van der Waals surface area contributed by atoms with Crippen LogP contribution in [-0.4, -0.2) is 39.6 Å². The molecule has 6 heteroatoms. The number of ether oxygens (including phenoxy) is 1. The van der Waals surface area contributed by atoms with Crippen molar-refractivity contribution in [2.75, 3.05) is 6.54 Å². The van der Waals surface area contributed by atoms with Crippen molar-refractivity contribution in [2.24, 2.45) is 5.41 Å². The Hall–Kier alpha value is -2.86. The van der Waals surface area contributed by atoms with Crippen LogP contribution in [-0.2, 0) is 17.9 Å². The zero-order valence-corrected chi connectivity index (χ0v) is 19.5. The van der Waals surface area contributed by atoms with E-state index in [1.165, 1.54) is 4.90 Å². The average molecular weight is 439 g/mol. The zero-order valence-electron chi connectivity index (χ0n) is 19.5. The molecule has 1 saturated heterocycles. The summed E-state index contributed by atoms with van der Waals surface area (Å²) >= 11 is 0. The number of imide groups is 1. The van der Waals surface area contributed by atoms with E-state index in [-0.39, 0.29) is 18.5 Å². The van der Waals surface area contributed by atoms with Gasteiger partial charge in [-0.3, -0.25) is 4.79 Å². The van der Waals surface area contributed by atoms with E-state index in [1.807, 2.05) is 52.0 Å². The number of carbonyl (C=O) groups is 2. The van der Waals surface area contributed by atoms with Crippen molar-refractivity contribution in [2.45, 2.75) is 66.3 Å². The molecule has 1 N–H and O–H groups in total. The van der Waals surface area contributed by atoms with E-state index in [2.05, 4.69) is 0 Å². The van der Waals surface area contributed by atoms with Gasteiger partial charge in [0, 0.05) is 13.1 Å². The lowest BCUT2D eigenvalue weighted by Gasteiger charge is -2.54. The molecular weight excluding hydrogens is 404 g/mol. The van der Waals surface area contributed by atoms with Crippen molar-refractivity contribution in [3.05, 3.63) is 65.2 Å². The Morgan fingerprint density at radius 2 is 1.62 bits per heavy atom. The lowest BCUT2D eigenvalue weighted by atomic mass is 9.72. The highest BCUT2D eigenvalue weighted by atomic mass is 16.5. The van der Waals surface area contributed by atoms with Crippen LogP contribution in [0.25, 0.3) is 0 Å². The lowest BCUT2D eigenvalue weighted by Crippen LogP contribution is -2.73. The van der Waals surface area contributed by atoms with Gasteiger partial charge in [0.15, 0.2) is 6.23 Å². The number of amides is 3. The van der Waals surface area contributed by atoms with Crippen molar-refractivity contribution in [1.82, 2.24) is 9.80 Å². The molecule has 32 heavy (non-hydrogen) atoms. The largest absolute Gasteiger partial charge is 0.469 e. The first-order valence-electron chi connectivity index (χ1n) is 11.4. The Balaban J connectivity index is 1.85. The standard InChI is InChI=1S/C26H34N2O4/c1-5-16-27(17-20-10-8-19(4)9-11-20)25(31)28-23(30)26(6-2,7-3)24(28)32-22-14-12-21(18-29)13-15-22/h8-15,24,29H,5-7,16-18H2,1-4H3. The molecule has 0 radical (unpaired) electrons. The summed E-state index contributed by atoms with van der Waals surface area (Å²) in [4.78, 5) is 29.8. The minimum Gasteiger partial charge on any atom is -0.469 e. The van der Waals surface area contributed by atoms with Crippen LogP contribution in [0.2, 0.25) is 0 Å². The van der Waals surface area contributed by atoms with Crippen molar-refractivity contribution in [3.8, 4) is 5.75 Å². The first kappa shape index (κ1) is 23.8. The maximum absolute atomic E-state index is 13.5. The van der Waals surface area contributed by atoms with Crippen molar-refractivity contribution >= 4 is 11.9 Å². The maximum atomic E-state index is 13.5. The molecular formula is C26H34N2O4. The second-order valence-electron chi connectivity index (χ2n) is 8.50. The van der Waals surface area contributed by atoms with Gasteiger partial charge in [-0.2, -0.15) is 0 Å². The molecule has 0 aliphatic carbocycles. The summed E-state index contributed by atoms with van der Waals surface area (Å²) < 4.78 is 6.22. The highest BCUT2D eigenvalue weighted by Gasteiger charge is 2.63. The summed E-state index contributed by atoms with van der Waals surface area (Å²) in [6, 6.07) is 14.9. The Bertz CT molecular complexity index is 920. The zero-order chi connectivity index (χ0) is 23.3. The van der Waals surface area contributed by atoms with Crippen LogP contribution in [0.1, 0.15) is 56.7 Å². The van der Waals surface area contributed by atoms with Crippen molar-refractivity contribution in [3.63, 3.8) is 0 Å². The molecule has 1 aliphatic rings. The smallest absolute Gasteiger partial charge is 0.330 e. The molecule has 1 fully saturated rings. The topological polar surface area (TPSA) is 70.1 Å². The van der Waals surface area contributed by atoms with Gasteiger partial charge in [-0.25, -0.2) is 9.69 Å². The Morgan fingerprint density at radius 3 is 2.16 bits per heavy atom. The first-order chi connectivity index (χ1) is 15.4. The quantitative estimate of drug-likeness (QED) is 0.567. The van der Waals surface area contributed by atoms with Crippen LogP contribution in [0.3, 0.4) is 0 Å². The van der Waals surface area contributed by atoms with Crippen molar-refractivity contribution < 1.29 is 19.4 Å². The number of β-lactam (4-membered cyclic amide) rings is 1. The minimum absolute atomic E-state index is 0.0499. The highest BCUT2D eigenvalue weighted by Crippen LogP contribution is 2.46. The third-order valence-corrected chi connectivity index (χ3v) is 6.43. The van der Waals surface area contributed by atoms with Crippen LogP contribution in [0.15, 0.2) is 48.5 Å². The number of nitrogens with zero attached hydrogens (tertiary/aromatic N) is 2. The van der Waals surface area contributed by atoms with Crippen LogP contribution in [0.5, 0.6) is 5.75 Å². The molecule has 2 aromatic carbocycles. The van der Waals surface area contributed by atoms with Gasteiger partial charge in [-0.1, -0.05) is 62.7 Å². The SMILES string of the molecule is CCCN(Cc1ccc(C)cc1)C(=O)N1C(=O)C(CC)(CC)C1Oc1ccc(CO)cc1. The summed E-state index contributed by atoms with van der Waals surface area (Å²) in [5.74, 6) is 0.402. The molecule has 1 unspecified atom stereocenters. The molecule has 6 nitrogen and oxygen atoms in total. The van der Waals surface area contributed by atoms with Gasteiger partial charge in [-0.05, 0) is 49.4 Å². The van der Waals surface area contributed by atoms with E-state index in [0.717, 1.165) is 23.1 Å². The minimum atomic E-state index is -0.715. The van der Waals surface area contributed by atoms with E-state index >= 15 is 0 Å². The predicted octanol–water partition coefficient (Wildman–Crippen LogP) is 4.87. The van der Waals surface area contributed by atoms with Gasteiger partial charge in [0.25, 0.3) is 0 Å². The second-order valence-corrected chi connectivity index (χ2v) is 8.50. The number of hydrogen-bond donors (Lipinski definition) is 1. The molecule has 1 heterocycles. The summed E-state index contributed by atoms with van der Waals surface area (Å²) in [5.41, 5.74) is 2.25. The van der Waals surface area contributed by atoms with Crippen molar-refractivity contribution in [1.29, 1.82) is 0 Å². The Labute approximate surface area is 190 Å². The summed E-state index contributed by atoms with van der Waals surface area (Å²) in [5, 5.41) is 9.28. The summed E-state index contributed by atoms with van der Waals surface area (Å²) in [6.45, 7) is 8.92. The van der Waals surface area contributed by atoms with Gasteiger partial charge >= 0.3 is 6.03 Å². The van der Waals surface area contributed by atoms with Crippen LogP contribution >= 0.6 is 0 Å². The molecule has 3 amide bonds. The normalized spacial score (nSPS) is 17.1. The van der Waals surface area contributed by atoms with Crippen LogP contribution < -0.4 is 4.74 Å². The molecule has 1 aliphatic heterocycles. The number of aliphatic hydroxyl groups is 1. The van der Waals surface area contributed by atoms with E-state index < -0.39 is 11.6 Å². The maximum Gasteiger partial charge on any atom is 0.330 e. The number of likely N-dealkylation sites (tertiary alicyclic amines) is 1.